The number of hydrogen-bond acceptors (Lipinski definition) is 4. The summed E-state index contributed by atoms with van der Waals surface area (Å²) in [6.45, 7) is 6.59. The van der Waals surface area contributed by atoms with Crippen molar-refractivity contribution in [2.24, 2.45) is 0 Å². The fourth-order valence-corrected chi connectivity index (χ4v) is 6.89. The van der Waals surface area contributed by atoms with Crippen molar-refractivity contribution in [1.82, 2.24) is 20.1 Å². The molecule has 3 aromatic carbocycles. The molecule has 1 aromatic heterocycles. The SMILES string of the molecule is CCc1c(C2CCN(CCCSc3ccc(F)cc3)CC2)c2ccc(F)cc2n1-c1ccc(C(=O)NCCNC)cc1. The third kappa shape index (κ3) is 7.05. The molecule has 1 aliphatic rings. The van der Waals surface area contributed by atoms with Gasteiger partial charge in [0.1, 0.15) is 11.6 Å². The molecule has 5 nitrogen and oxygen atoms in total. The van der Waals surface area contributed by atoms with Crippen molar-refractivity contribution < 1.29 is 13.6 Å². The topological polar surface area (TPSA) is 49.3 Å². The first-order valence-electron chi connectivity index (χ1n) is 14.9. The highest BCUT2D eigenvalue weighted by Gasteiger charge is 2.27. The molecule has 0 aliphatic carbocycles. The molecule has 0 unspecified atom stereocenters. The maximum Gasteiger partial charge on any atom is 0.251 e. The first kappa shape index (κ1) is 30.3. The standard InChI is InChI=1S/C34H40F2N4OS/c1-3-31-33(24-15-20-39(21-16-24)19-4-22-42-29-12-7-26(35)8-13-29)30-14-9-27(36)23-32(30)40(31)28-10-5-25(6-11-28)34(41)38-18-17-37-2/h5-14,23-24,37H,3-4,15-22H2,1-2H3,(H,38,41). The van der Waals surface area contributed by atoms with E-state index in [-0.39, 0.29) is 17.5 Å². The number of piperidine rings is 1. The van der Waals surface area contributed by atoms with E-state index in [2.05, 4.69) is 27.0 Å². The van der Waals surface area contributed by atoms with Gasteiger partial charge in [-0.3, -0.25) is 4.79 Å². The number of fused-ring (bicyclic) bond motifs is 1. The van der Waals surface area contributed by atoms with Gasteiger partial charge in [-0.2, -0.15) is 0 Å². The van der Waals surface area contributed by atoms with Crippen LogP contribution in [-0.4, -0.2) is 60.9 Å². The molecule has 8 heteroatoms. The second-order valence-electron chi connectivity index (χ2n) is 10.9. The average Bonchev–Trinajstić information content (AvgIpc) is 3.34. The molecule has 1 fully saturated rings. The fraction of sp³-hybridized carbons (Fsp3) is 0.382. The van der Waals surface area contributed by atoms with Crippen molar-refractivity contribution in [3.8, 4) is 5.69 Å². The number of nitrogens with one attached hydrogen (secondary N) is 2. The predicted molar refractivity (Wildman–Crippen MR) is 169 cm³/mol. The van der Waals surface area contributed by atoms with Crippen LogP contribution in [0, 0.1) is 11.6 Å². The first-order valence-corrected chi connectivity index (χ1v) is 15.9. The molecule has 0 radical (unpaired) electrons. The summed E-state index contributed by atoms with van der Waals surface area (Å²) in [6, 6.07) is 19.5. The Balaban J connectivity index is 1.29. The number of amides is 1. The third-order valence-electron chi connectivity index (χ3n) is 8.15. The van der Waals surface area contributed by atoms with E-state index in [1.807, 2.05) is 49.5 Å². The summed E-state index contributed by atoms with van der Waals surface area (Å²) in [6.07, 6.45) is 4.06. The largest absolute Gasteiger partial charge is 0.351 e. The summed E-state index contributed by atoms with van der Waals surface area (Å²) in [5.41, 5.74) is 4.99. The lowest BCUT2D eigenvalue weighted by molar-refractivity contribution is 0.0954. The number of rotatable bonds is 12. The monoisotopic (exact) mass is 590 g/mol. The number of likely N-dealkylation sites (N-methyl/N-ethyl adjacent to an activating group) is 1. The Bertz CT molecular complexity index is 1480. The maximum atomic E-state index is 14.6. The molecule has 0 spiro atoms. The fourth-order valence-electron chi connectivity index (χ4n) is 6.06. The molecule has 2 heterocycles. The summed E-state index contributed by atoms with van der Waals surface area (Å²) in [4.78, 5) is 16.2. The zero-order chi connectivity index (χ0) is 29.5. The summed E-state index contributed by atoms with van der Waals surface area (Å²) >= 11 is 1.78. The van der Waals surface area contributed by atoms with Gasteiger partial charge in [0.25, 0.3) is 5.91 Å². The molecular formula is C34H40F2N4OS. The van der Waals surface area contributed by atoms with Gasteiger partial charge < -0.3 is 20.1 Å². The van der Waals surface area contributed by atoms with Crippen LogP contribution in [0.25, 0.3) is 16.6 Å². The second-order valence-corrected chi connectivity index (χ2v) is 12.1. The lowest BCUT2D eigenvalue weighted by Gasteiger charge is -2.32. The van der Waals surface area contributed by atoms with E-state index < -0.39 is 0 Å². The van der Waals surface area contributed by atoms with E-state index in [1.54, 1.807) is 23.9 Å². The molecule has 0 atom stereocenters. The van der Waals surface area contributed by atoms with Gasteiger partial charge in [-0.1, -0.05) is 6.92 Å². The number of carbonyl (C=O) groups excluding carboxylic acids is 1. The molecule has 5 rings (SSSR count). The highest BCUT2D eigenvalue weighted by molar-refractivity contribution is 7.99. The van der Waals surface area contributed by atoms with Gasteiger partial charge in [0.15, 0.2) is 0 Å². The lowest BCUT2D eigenvalue weighted by Crippen LogP contribution is -2.34. The van der Waals surface area contributed by atoms with Crippen molar-refractivity contribution >= 4 is 28.6 Å². The molecule has 0 bridgehead atoms. The van der Waals surface area contributed by atoms with Gasteiger partial charge in [-0.25, -0.2) is 8.78 Å². The number of hydrogen-bond donors (Lipinski definition) is 2. The van der Waals surface area contributed by atoms with Gasteiger partial charge in [0.05, 0.1) is 5.52 Å². The summed E-state index contributed by atoms with van der Waals surface area (Å²) in [5.74, 6) is 0.888. The van der Waals surface area contributed by atoms with Crippen LogP contribution in [0.4, 0.5) is 8.78 Å². The van der Waals surface area contributed by atoms with Crippen LogP contribution in [0.3, 0.4) is 0 Å². The smallest absolute Gasteiger partial charge is 0.251 e. The summed E-state index contributed by atoms with van der Waals surface area (Å²) < 4.78 is 29.9. The molecule has 2 N–H and O–H groups in total. The number of aromatic nitrogens is 1. The molecule has 222 valence electrons. The minimum atomic E-state index is -0.246. The van der Waals surface area contributed by atoms with Gasteiger partial charge in [-0.05, 0) is 136 Å². The van der Waals surface area contributed by atoms with Crippen LogP contribution in [0.15, 0.2) is 71.6 Å². The normalized spacial score (nSPS) is 14.5. The summed E-state index contributed by atoms with van der Waals surface area (Å²) in [7, 11) is 1.85. The zero-order valence-electron chi connectivity index (χ0n) is 24.5. The van der Waals surface area contributed by atoms with Crippen molar-refractivity contribution in [2.45, 2.75) is 43.4 Å². The van der Waals surface area contributed by atoms with Crippen LogP contribution in [-0.2, 0) is 6.42 Å². The van der Waals surface area contributed by atoms with Crippen molar-refractivity contribution in [3.05, 3.63) is 95.2 Å². The third-order valence-corrected chi connectivity index (χ3v) is 9.25. The first-order chi connectivity index (χ1) is 20.5. The Hall–Kier alpha value is -3.20. The maximum absolute atomic E-state index is 14.6. The van der Waals surface area contributed by atoms with E-state index >= 15 is 0 Å². The molecule has 0 saturated carbocycles. The van der Waals surface area contributed by atoms with Crippen molar-refractivity contribution in [3.63, 3.8) is 0 Å². The molecule has 42 heavy (non-hydrogen) atoms. The number of halogens is 2. The van der Waals surface area contributed by atoms with Crippen LogP contribution in [0.2, 0.25) is 0 Å². The average molecular weight is 591 g/mol. The predicted octanol–water partition coefficient (Wildman–Crippen LogP) is 6.78. The van der Waals surface area contributed by atoms with E-state index in [0.29, 0.717) is 24.6 Å². The van der Waals surface area contributed by atoms with Gasteiger partial charge in [0, 0.05) is 40.3 Å². The highest BCUT2D eigenvalue weighted by atomic mass is 32.2. The highest BCUT2D eigenvalue weighted by Crippen LogP contribution is 2.40. The van der Waals surface area contributed by atoms with Crippen LogP contribution in [0.1, 0.15) is 53.7 Å². The van der Waals surface area contributed by atoms with Gasteiger partial charge in [-0.15, -0.1) is 11.8 Å². The van der Waals surface area contributed by atoms with E-state index in [4.69, 9.17) is 0 Å². The van der Waals surface area contributed by atoms with Crippen molar-refractivity contribution in [2.75, 3.05) is 45.5 Å². The minimum absolute atomic E-state index is 0.0996. The number of benzene rings is 3. The van der Waals surface area contributed by atoms with Crippen LogP contribution < -0.4 is 10.6 Å². The lowest BCUT2D eigenvalue weighted by atomic mass is 9.87. The molecule has 4 aromatic rings. The Morgan fingerprint density at radius 1 is 0.952 bits per heavy atom. The minimum Gasteiger partial charge on any atom is -0.351 e. The summed E-state index contributed by atoms with van der Waals surface area (Å²) in [5, 5.41) is 7.07. The van der Waals surface area contributed by atoms with Gasteiger partial charge >= 0.3 is 0 Å². The quantitative estimate of drug-likeness (QED) is 0.141. The Morgan fingerprint density at radius 2 is 1.67 bits per heavy atom. The van der Waals surface area contributed by atoms with Crippen LogP contribution >= 0.6 is 11.8 Å². The Kier molecular flexibility index (Phi) is 10.3. The van der Waals surface area contributed by atoms with Crippen molar-refractivity contribution in [1.29, 1.82) is 0 Å². The van der Waals surface area contributed by atoms with E-state index in [9.17, 15) is 13.6 Å². The molecule has 1 saturated heterocycles. The Morgan fingerprint density at radius 3 is 2.36 bits per heavy atom. The number of nitrogens with zero attached hydrogens (tertiary/aromatic N) is 2. The van der Waals surface area contributed by atoms with Gasteiger partial charge in [0.2, 0.25) is 0 Å². The number of likely N-dealkylation sites (tertiary alicyclic amines) is 1. The van der Waals surface area contributed by atoms with E-state index in [0.717, 1.165) is 72.6 Å². The van der Waals surface area contributed by atoms with Crippen LogP contribution in [0.5, 0.6) is 0 Å². The molecular weight excluding hydrogens is 550 g/mol. The zero-order valence-corrected chi connectivity index (χ0v) is 25.3. The Labute approximate surface area is 251 Å². The number of thioether (sulfide) groups is 1. The number of carbonyl (C=O) groups is 1. The molecule has 1 amide bonds. The van der Waals surface area contributed by atoms with E-state index in [1.165, 1.54) is 23.4 Å². The molecule has 1 aliphatic heterocycles. The second kappa shape index (κ2) is 14.3.